The van der Waals surface area contributed by atoms with Gasteiger partial charge in [0.25, 0.3) is 0 Å². The Hall–Kier alpha value is -0.970. The van der Waals surface area contributed by atoms with Gasteiger partial charge in [0.1, 0.15) is 0 Å². The molecule has 1 fully saturated rings. The molecule has 5 nitrogen and oxygen atoms in total. The van der Waals surface area contributed by atoms with Crippen LogP contribution in [0.25, 0.3) is 0 Å². The van der Waals surface area contributed by atoms with E-state index in [9.17, 15) is 0 Å². The second-order valence-electron chi connectivity index (χ2n) is 5.68. The standard InChI is InChI=1S/C13H25N5/c1-4-10-14-11(2)12-15-16-17-18(12)13(3)8-6-5-7-9-13/h11,14H,4-10H2,1-3H3. The monoisotopic (exact) mass is 251 g/mol. The molecule has 0 radical (unpaired) electrons. The SMILES string of the molecule is CCCNC(C)c1nnnn1C1(C)CCCCC1. The van der Waals surface area contributed by atoms with Gasteiger partial charge >= 0.3 is 0 Å². The molecule has 2 rings (SSSR count). The first-order valence-corrected chi connectivity index (χ1v) is 7.19. The van der Waals surface area contributed by atoms with E-state index in [-0.39, 0.29) is 11.6 Å². The highest BCUT2D eigenvalue weighted by atomic mass is 15.6. The normalized spacial score (nSPS) is 20.8. The minimum absolute atomic E-state index is 0.110. The summed E-state index contributed by atoms with van der Waals surface area (Å²) in [5.74, 6) is 0.979. The van der Waals surface area contributed by atoms with Gasteiger partial charge < -0.3 is 5.32 Å². The van der Waals surface area contributed by atoms with E-state index >= 15 is 0 Å². The predicted molar refractivity (Wildman–Crippen MR) is 71.3 cm³/mol. The van der Waals surface area contributed by atoms with Crippen molar-refractivity contribution in [2.45, 2.75) is 70.9 Å². The van der Waals surface area contributed by atoms with Crippen molar-refractivity contribution in [1.82, 2.24) is 25.5 Å². The molecule has 0 aliphatic heterocycles. The lowest BCUT2D eigenvalue weighted by Crippen LogP contribution is -2.37. The van der Waals surface area contributed by atoms with Crippen molar-refractivity contribution in [2.24, 2.45) is 0 Å². The molecule has 0 aromatic carbocycles. The largest absolute Gasteiger partial charge is 0.307 e. The maximum atomic E-state index is 4.26. The number of hydrogen-bond donors (Lipinski definition) is 1. The highest BCUT2D eigenvalue weighted by Crippen LogP contribution is 2.35. The molecule has 1 aliphatic rings. The van der Waals surface area contributed by atoms with Crippen molar-refractivity contribution in [3.63, 3.8) is 0 Å². The van der Waals surface area contributed by atoms with Crippen molar-refractivity contribution in [3.05, 3.63) is 5.82 Å². The molecule has 1 N–H and O–H groups in total. The van der Waals surface area contributed by atoms with Gasteiger partial charge in [0.2, 0.25) is 0 Å². The number of tetrazole rings is 1. The molecular weight excluding hydrogens is 226 g/mol. The first-order valence-electron chi connectivity index (χ1n) is 7.19. The molecule has 0 saturated heterocycles. The Morgan fingerprint density at radius 2 is 2.06 bits per heavy atom. The molecule has 5 heteroatoms. The Morgan fingerprint density at radius 1 is 1.33 bits per heavy atom. The smallest absolute Gasteiger partial charge is 0.168 e. The van der Waals surface area contributed by atoms with E-state index in [1.54, 1.807) is 0 Å². The Labute approximate surface area is 109 Å². The zero-order valence-corrected chi connectivity index (χ0v) is 11.8. The van der Waals surface area contributed by atoms with Crippen molar-refractivity contribution in [2.75, 3.05) is 6.54 Å². The zero-order valence-electron chi connectivity index (χ0n) is 11.8. The molecule has 1 saturated carbocycles. The first kappa shape index (κ1) is 13.5. The van der Waals surface area contributed by atoms with Crippen LogP contribution in [0.3, 0.4) is 0 Å². The Morgan fingerprint density at radius 3 is 2.72 bits per heavy atom. The fourth-order valence-corrected chi connectivity index (χ4v) is 2.83. The second kappa shape index (κ2) is 5.78. The molecule has 1 atom stereocenters. The number of hydrogen-bond acceptors (Lipinski definition) is 4. The van der Waals surface area contributed by atoms with Gasteiger partial charge in [-0.3, -0.25) is 0 Å². The van der Waals surface area contributed by atoms with Crippen LogP contribution in [0.4, 0.5) is 0 Å². The molecule has 0 bridgehead atoms. The van der Waals surface area contributed by atoms with Crippen molar-refractivity contribution in [3.8, 4) is 0 Å². The Kier molecular flexibility index (Phi) is 4.32. The quantitative estimate of drug-likeness (QED) is 0.873. The number of rotatable bonds is 5. The van der Waals surface area contributed by atoms with Gasteiger partial charge in [-0.2, -0.15) is 0 Å². The molecule has 0 amide bonds. The van der Waals surface area contributed by atoms with Crippen LogP contribution in [0.2, 0.25) is 0 Å². The predicted octanol–water partition coefficient (Wildman–Crippen LogP) is 2.41. The molecule has 1 aromatic heterocycles. The van der Waals surface area contributed by atoms with Gasteiger partial charge in [-0.25, -0.2) is 4.68 Å². The average Bonchev–Trinajstić information content (AvgIpc) is 2.87. The molecule has 1 heterocycles. The van der Waals surface area contributed by atoms with Gasteiger partial charge in [0.15, 0.2) is 5.82 Å². The summed E-state index contributed by atoms with van der Waals surface area (Å²) in [6, 6.07) is 0.221. The maximum absolute atomic E-state index is 4.26. The van der Waals surface area contributed by atoms with Gasteiger partial charge in [0, 0.05) is 0 Å². The van der Waals surface area contributed by atoms with Crippen LogP contribution in [0.5, 0.6) is 0 Å². The van der Waals surface area contributed by atoms with Crippen LogP contribution < -0.4 is 5.32 Å². The number of aromatic nitrogens is 4. The second-order valence-corrected chi connectivity index (χ2v) is 5.68. The molecule has 102 valence electrons. The van der Waals surface area contributed by atoms with E-state index in [0.717, 1.165) is 18.8 Å². The summed E-state index contributed by atoms with van der Waals surface area (Å²) in [5, 5.41) is 15.8. The maximum Gasteiger partial charge on any atom is 0.168 e. The van der Waals surface area contributed by atoms with E-state index < -0.39 is 0 Å². The summed E-state index contributed by atoms with van der Waals surface area (Å²) in [6.45, 7) is 7.61. The van der Waals surface area contributed by atoms with Crippen LogP contribution >= 0.6 is 0 Å². The molecule has 0 spiro atoms. The fraction of sp³-hybridized carbons (Fsp3) is 0.923. The number of nitrogens with one attached hydrogen (secondary N) is 1. The summed E-state index contributed by atoms with van der Waals surface area (Å²) in [5.41, 5.74) is 0.110. The van der Waals surface area contributed by atoms with E-state index in [4.69, 9.17) is 0 Å². The molecule has 1 aromatic rings. The molecule has 18 heavy (non-hydrogen) atoms. The minimum atomic E-state index is 0.110. The van der Waals surface area contributed by atoms with Crippen LogP contribution in [0.15, 0.2) is 0 Å². The van der Waals surface area contributed by atoms with Crippen LogP contribution in [-0.4, -0.2) is 26.8 Å². The molecule has 1 unspecified atom stereocenters. The summed E-state index contributed by atoms with van der Waals surface area (Å²) in [7, 11) is 0. The third-order valence-corrected chi connectivity index (χ3v) is 4.02. The van der Waals surface area contributed by atoms with E-state index in [0.29, 0.717) is 0 Å². The topological polar surface area (TPSA) is 55.6 Å². The third kappa shape index (κ3) is 2.71. The van der Waals surface area contributed by atoms with Crippen LogP contribution in [0.1, 0.15) is 71.2 Å². The summed E-state index contributed by atoms with van der Waals surface area (Å²) < 4.78 is 2.07. The number of nitrogens with zero attached hydrogens (tertiary/aromatic N) is 4. The van der Waals surface area contributed by atoms with Gasteiger partial charge in [0.05, 0.1) is 11.6 Å². The molecular formula is C13H25N5. The van der Waals surface area contributed by atoms with Crippen molar-refractivity contribution >= 4 is 0 Å². The first-order chi connectivity index (χ1) is 8.67. The highest BCUT2D eigenvalue weighted by Gasteiger charge is 2.33. The fourth-order valence-electron chi connectivity index (χ4n) is 2.83. The summed E-state index contributed by atoms with van der Waals surface area (Å²) >= 11 is 0. The Bertz CT molecular complexity index is 367. The van der Waals surface area contributed by atoms with E-state index in [1.165, 1.54) is 32.1 Å². The highest BCUT2D eigenvalue weighted by molar-refractivity contribution is 4.97. The lowest BCUT2D eigenvalue weighted by Gasteiger charge is -2.34. The van der Waals surface area contributed by atoms with E-state index in [1.807, 2.05) is 0 Å². The van der Waals surface area contributed by atoms with Crippen LogP contribution in [0, 0.1) is 0 Å². The molecule has 1 aliphatic carbocycles. The van der Waals surface area contributed by atoms with E-state index in [2.05, 4.69) is 46.3 Å². The van der Waals surface area contributed by atoms with Gasteiger partial charge in [-0.05, 0) is 50.1 Å². The van der Waals surface area contributed by atoms with Gasteiger partial charge in [-0.1, -0.05) is 26.2 Å². The summed E-state index contributed by atoms with van der Waals surface area (Å²) in [4.78, 5) is 0. The van der Waals surface area contributed by atoms with Crippen molar-refractivity contribution < 1.29 is 0 Å². The average molecular weight is 251 g/mol. The lowest BCUT2D eigenvalue weighted by atomic mass is 9.83. The Balaban J connectivity index is 2.15. The van der Waals surface area contributed by atoms with Crippen LogP contribution in [-0.2, 0) is 5.54 Å². The van der Waals surface area contributed by atoms with Crippen molar-refractivity contribution in [1.29, 1.82) is 0 Å². The third-order valence-electron chi connectivity index (χ3n) is 4.02. The minimum Gasteiger partial charge on any atom is -0.307 e. The lowest BCUT2D eigenvalue weighted by molar-refractivity contribution is 0.185. The van der Waals surface area contributed by atoms with Gasteiger partial charge in [-0.15, -0.1) is 5.10 Å². The zero-order chi connectivity index (χ0) is 13.0. The summed E-state index contributed by atoms with van der Waals surface area (Å²) in [6.07, 6.45) is 7.41.